The van der Waals surface area contributed by atoms with Crippen molar-refractivity contribution in [3.63, 3.8) is 0 Å². The summed E-state index contributed by atoms with van der Waals surface area (Å²) < 4.78 is 33.1. The van der Waals surface area contributed by atoms with E-state index in [1.807, 2.05) is 0 Å². The third-order valence-corrected chi connectivity index (χ3v) is 8.12. The molecule has 1 saturated carbocycles. The van der Waals surface area contributed by atoms with E-state index in [0.29, 0.717) is 17.9 Å². The number of rotatable bonds is 9. The topological polar surface area (TPSA) is 87.7 Å². The van der Waals surface area contributed by atoms with Crippen molar-refractivity contribution < 1.29 is 17.9 Å². The Labute approximate surface area is 207 Å². The number of carbonyl (C=O) groups is 1. The lowest BCUT2D eigenvalue weighted by Gasteiger charge is -2.30. The number of sulfonamides is 1. The molecule has 7 nitrogen and oxygen atoms in total. The first-order valence-corrected chi connectivity index (χ1v) is 13.6. The lowest BCUT2D eigenvalue weighted by Crippen LogP contribution is -2.38. The molecule has 9 heteroatoms. The van der Waals surface area contributed by atoms with Crippen molar-refractivity contribution in [2.24, 2.45) is 0 Å². The summed E-state index contributed by atoms with van der Waals surface area (Å²) >= 11 is 5.25. The first-order chi connectivity index (χ1) is 16.3. The Balaban J connectivity index is 1.54. The van der Waals surface area contributed by atoms with Gasteiger partial charge < -0.3 is 10.1 Å². The predicted octanol–water partition coefficient (Wildman–Crippen LogP) is 4.95. The average Bonchev–Trinajstić information content (AvgIpc) is 2.85. The second kappa shape index (κ2) is 12.3. The van der Waals surface area contributed by atoms with Gasteiger partial charge in [0.05, 0.1) is 11.5 Å². The van der Waals surface area contributed by atoms with E-state index in [2.05, 4.69) is 17.6 Å². The lowest BCUT2D eigenvalue weighted by atomic mass is 9.96. The molecular formula is C25H33N3O4S2. The first-order valence-electron chi connectivity index (χ1n) is 11.7. The van der Waals surface area contributed by atoms with Gasteiger partial charge in [-0.05, 0) is 80.0 Å². The molecule has 1 aliphatic rings. The molecule has 0 atom stereocenters. The fourth-order valence-electron chi connectivity index (χ4n) is 3.89. The van der Waals surface area contributed by atoms with Gasteiger partial charge in [0.2, 0.25) is 10.0 Å². The van der Waals surface area contributed by atoms with Gasteiger partial charge in [-0.25, -0.2) is 8.42 Å². The minimum atomic E-state index is -3.56. The van der Waals surface area contributed by atoms with Crippen molar-refractivity contribution in [2.45, 2.75) is 62.8 Å². The number of carbonyl (C=O) groups excluding carboxylic acids is 1. The fourth-order valence-corrected chi connectivity index (χ4v) is 5.52. The number of nitrogens with one attached hydrogen (secondary N) is 2. The van der Waals surface area contributed by atoms with Crippen LogP contribution in [-0.4, -0.2) is 43.4 Å². The molecule has 1 fully saturated rings. The van der Waals surface area contributed by atoms with Gasteiger partial charge in [0.25, 0.3) is 5.91 Å². The molecule has 1 amide bonds. The molecule has 2 aromatic rings. The van der Waals surface area contributed by atoms with E-state index in [-0.39, 0.29) is 22.0 Å². The Morgan fingerprint density at radius 1 is 1.06 bits per heavy atom. The van der Waals surface area contributed by atoms with Gasteiger partial charge in [-0.3, -0.25) is 10.1 Å². The summed E-state index contributed by atoms with van der Waals surface area (Å²) in [4.78, 5) is 12.7. The smallest absolute Gasteiger partial charge is 0.257 e. The van der Waals surface area contributed by atoms with Crippen molar-refractivity contribution in [3.05, 3.63) is 54.1 Å². The standard InChI is InChI=1S/C25H33N3O4S2/c1-3-4-18-32-22-14-10-19(11-15-22)24(29)27-25(33)26-20-12-16-23(17-13-20)34(30,31)28(2)21-8-6-5-7-9-21/h10-17,21H,3-9,18H2,1-2H3,(H2,26,27,29,33). The second-order valence-electron chi connectivity index (χ2n) is 8.47. The molecule has 0 unspecified atom stereocenters. The molecule has 0 aromatic heterocycles. The van der Waals surface area contributed by atoms with Crippen LogP contribution in [0, 0.1) is 0 Å². The first kappa shape index (κ1) is 26.1. The maximum atomic E-state index is 13.0. The van der Waals surface area contributed by atoms with Crippen molar-refractivity contribution >= 4 is 38.9 Å². The summed E-state index contributed by atoms with van der Waals surface area (Å²) in [6, 6.07) is 13.3. The number of nitrogens with zero attached hydrogens (tertiary/aromatic N) is 1. The van der Waals surface area contributed by atoms with Crippen molar-refractivity contribution in [3.8, 4) is 5.75 Å². The summed E-state index contributed by atoms with van der Waals surface area (Å²) in [5.74, 6) is 0.376. The van der Waals surface area contributed by atoms with Crippen LogP contribution in [0.5, 0.6) is 5.75 Å². The minimum Gasteiger partial charge on any atom is -0.494 e. The van der Waals surface area contributed by atoms with Crippen LogP contribution in [-0.2, 0) is 10.0 Å². The van der Waals surface area contributed by atoms with E-state index in [0.717, 1.165) is 44.3 Å². The minimum absolute atomic E-state index is 0.0521. The molecule has 184 valence electrons. The zero-order chi connectivity index (χ0) is 24.6. The van der Waals surface area contributed by atoms with Gasteiger partial charge in [-0.2, -0.15) is 4.31 Å². The zero-order valence-corrected chi connectivity index (χ0v) is 21.4. The number of ether oxygens (including phenoxy) is 1. The molecule has 0 heterocycles. The van der Waals surface area contributed by atoms with Gasteiger partial charge in [0, 0.05) is 24.3 Å². The average molecular weight is 504 g/mol. The summed E-state index contributed by atoms with van der Waals surface area (Å²) in [6.45, 7) is 2.74. The molecule has 2 aromatic carbocycles. The Hall–Kier alpha value is -2.49. The van der Waals surface area contributed by atoms with Gasteiger partial charge in [-0.15, -0.1) is 0 Å². The summed E-state index contributed by atoms with van der Waals surface area (Å²) in [5.41, 5.74) is 1.04. The lowest BCUT2D eigenvalue weighted by molar-refractivity contribution is 0.0977. The van der Waals surface area contributed by atoms with Gasteiger partial charge in [0.15, 0.2) is 5.11 Å². The number of hydrogen-bond acceptors (Lipinski definition) is 5. The number of anilines is 1. The Bertz CT molecular complexity index is 1060. The highest BCUT2D eigenvalue weighted by atomic mass is 32.2. The van der Waals surface area contributed by atoms with Crippen LogP contribution in [0.3, 0.4) is 0 Å². The number of hydrogen-bond donors (Lipinski definition) is 2. The predicted molar refractivity (Wildman–Crippen MR) is 139 cm³/mol. The van der Waals surface area contributed by atoms with Crippen molar-refractivity contribution in [1.29, 1.82) is 0 Å². The normalized spacial score (nSPS) is 14.6. The van der Waals surface area contributed by atoms with Gasteiger partial charge in [0.1, 0.15) is 5.75 Å². The monoisotopic (exact) mass is 503 g/mol. The number of thiocarbonyl (C=S) groups is 1. The van der Waals surface area contributed by atoms with Crippen molar-refractivity contribution in [1.82, 2.24) is 9.62 Å². The molecule has 1 aliphatic carbocycles. The Morgan fingerprint density at radius 3 is 2.32 bits per heavy atom. The molecule has 0 aliphatic heterocycles. The third-order valence-electron chi connectivity index (χ3n) is 5.99. The van der Waals surface area contributed by atoms with E-state index in [1.54, 1.807) is 55.6 Å². The maximum absolute atomic E-state index is 13.0. The summed E-state index contributed by atoms with van der Waals surface area (Å²) in [5, 5.41) is 5.69. The maximum Gasteiger partial charge on any atom is 0.257 e. The van der Waals surface area contributed by atoms with E-state index in [1.165, 1.54) is 10.7 Å². The highest BCUT2D eigenvalue weighted by Crippen LogP contribution is 2.27. The van der Waals surface area contributed by atoms with E-state index in [9.17, 15) is 13.2 Å². The fraction of sp³-hybridized carbons (Fsp3) is 0.440. The molecule has 34 heavy (non-hydrogen) atoms. The van der Waals surface area contributed by atoms with Crippen LogP contribution < -0.4 is 15.4 Å². The zero-order valence-electron chi connectivity index (χ0n) is 19.7. The summed E-state index contributed by atoms with van der Waals surface area (Å²) in [7, 11) is -1.90. The van der Waals surface area contributed by atoms with Gasteiger partial charge >= 0.3 is 0 Å². The molecule has 2 N–H and O–H groups in total. The van der Waals surface area contributed by atoms with Gasteiger partial charge in [-0.1, -0.05) is 32.6 Å². The largest absolute Gasteiger partial charge is 0.494 e. The molecular weight excluding hydrogens is 470 g/mol. The van der Waals surface area contributed by atoms with E-state index in [4.69, 9.17) is 17.0 Å². The Kier molecular flexibility index (Phi) is 9.44. The van der Waals surface area contributed by atoms with Crippen LogP contribution >= 0.6 is 12.2 Å². The van der Waals surface area contributed by atoms with Crippen LogP contribution in [0.15, 0.2) is 53.4 Å². The van der Waals surface area contributed by atoms with E-state index >= 15 is 0 Å². The second-order valence-corrected chi connectivity index (χ2v) is 10.9. The Morgan fingerprint density at radius 2 is 1.71 bits per heavy atom. The number of benzene rings is 2. The molecule has 3 rings (SSSR count). The SMILES string of the molecule is CCCCOc1ccc(C(=O)NC(=S)Nc2ccc(S(=O)(=O)N(C)C3CCCCC3)cc2)cc1. The van der Waals surface area contributed by atoms with Crippen LogP contribution in [0.25, 0.3) is 0 Å². The molecule has 0 radical (unpaired) electrons. The molecule has 0 bridgehead atoms. The number of unbranched alkanes of at least 4 members (excludes halogenated alkanes) is 1. The number of amides is 1. The highest BCUT2D eigenvalue weighted by molar-refractivity contribution is 7.89. The molecule has 0 spiro atoms. The van der Waals surface area contributed by atoms with Crippen LogP contribution in [0.1, 0.15) is 62.2 Å². The van der Waals surface area contributed by atoms with E-state index < -0.39 is 10.0 Å². The van der Waals surface area contributed by atoms with Crippen LogP contribution in [0.2, 0.25) is 0 Å². The quantitative estimate of drug-likeness (QED) is 0.372. The third kappa shape index (κ3) is 7.01. The summed E-state index contributed by atoms with van der Waals surface area (Å²) in [6.07, 6.45) is 7.13. The van der Waals surface area contributed by atoms with Crippen LogP contribution in [0.4, 0.5) is 5.69 Å². The highest BCUT2D eigenvalue weighted by Gasteiger charge is 2.28. The molecule has 0 saturated heterocycles. The van der Waals surface area contributed by atoms with Crippen molar-refractivity contribution in [2.75, 3.05) is 19.0 Å².